The maximum atomic E-state index is 12.3. The minimum absolute atomic E-state index is 0.0230. The first-order valence-corrected chi connectivity index (χ1v) is 7.89. The molecule has 0 bridgehead atoms. The molecule has 0 unspecified atom stereocenters. The Morgan fingerprint density at radius 3 is 3.10 bits per heavy atom. The highest BCUT2D eigenvalue weighted by Gasteiger charge is 2.22. The van der Waals surface area contributed by atoms with E-state index in [2.05, 4.69) is 6.07 Å². The van der Waals surface area contributed by atoms with E-state index in [0.29, 0.717) is 11.3 Å². The van der Waals surface area contributed by atoms with Gasteiger partial charge in [0.15, 0.2) is 6.10 Å². The molecule has 0 N–H and O–H groups in total. The van der Waals surface area contributed by atoms with Crippen LogP contribution in [0.15, 0.2) is 24.3 Å². The predicted molar refractivity (Wildman–Crippen MR) is 79.8 cm³/mol. The number of carbonyl (C=O) groups is 1. The standard InChI is InChI=1S/C15H18N2O2S/c1-12(15(18)17-6-3-8-20-9-7-17)19-14-5-2-4-13(10-14)11-16/h2,4-5,10,12H,3,6-9H2,1H3/t12-/m0/s1. The lowest BCUT2D eigenvalue weighted by Gasteiger charge is -2.24. The first-order chi connectivity index (χ1) is 9.70. The molecule has 0 aromatic heterocycles. The van der Waals surface area contributed by atoms with Crippen LogP contribution in [0.25, 0.3) is 0 Å². The van der Waals surface area contributed by atoms with Gasteiger partial charge in [-0.05, 0) is 37.3 Å². The van der Waals surface area contributed by atoms with Crippen molar-refractivity contribution in [2.24, 2.45) is 0 Å². The molecule has 1 heterocycles. The van der Waals surface area contributed by atoms with Crippen LogP contribution in [0.2, 0.25) is 0 Å². The summed E-state index contributed by atoms with van der Waals surface area (Å²) in [7, 11) is 0. The van der Waals surface area contributed by atoms with Gasteiger partial charge in [0.1, 0.15) is 5.75 Å². The summed E-state index contributed by atoms with van der Waals surface area (Å²) in [4.78, 5) is 14.2. The van der Waals surface area contributed by atoms with Crippen molar-refractivity contribution in [2.45, 2.75) is 19.4 Å². The molecule has 1 amide bonds. The topological polar surface area (TPSA) is 53.3 Å². The molecule has 1 fully saturated rings. The Labute approximate surface area is 123 Å². The van der Waals surface area contributed by atoms with Crippen LogP contribution in [0.3, 0.4) is 0 Å². The van der Waals surface area contributed by atoms with Crippen LogP contribution in [0, 0.1) is 11.3 Å². The molecule has 20 heavy (non-hydrogen) atoms. The SMILES string of the molecule is C[C@H](Oc1cccc(C#N)c1)C(=O)N1CCCSCC1. The minimum atomic E-state index is -0.521. The van der Waals surface area contributed by atoms with Gasteiger partial charge in [0, 0.05) is 18.8 Å². The molecule has 0 radical (unpaired) electrons. The van der Waals surface area contributed by atoms with Gasteiger partial charge >= 0.3 is 0 Å². The van der Waals surface area contributed by atoms with E-state index >= 15 is 0 Å². The smallest absolute Gasteiger partial charge is 0.263 e. The molecule has 1 aromatic carbocycles. The summed E-state index contributed by atoms with van der Waals surface area (Å²) in [6.07, 6.45) is 0.514. The lowest BCUT2D eigenvalue weighted by Crippen LogP contribution is -2.41. The Balaban J connectivity index is 1.97. The Hall–Kier alpha value is -1.67. The summed E-state index contributed by atoms with van der Waals surface area (Å²) < 4.78 is 5.66. The maximum Gasteiger partial charge on any atom is 0.263 e. The van der Waals surface area contributed by atoms with Crippen molar-refractivity contribution in [3.8, 4) is 11.8 Å². The van der Waals surface area contributed by atoms with Crippen LogP contribution in [0.5, 0.6) is 5.75 Å². The first kappa shape index (κ1) is 14.7. The number of nitrogens with zero attached hydrogens (tertiary/aromatic N) is 2. The van der Waals surface area contributed by atoms with Gasteiger partial charge in [-0.25, -0.2) is 0 Å². The molecule has 5 heteroatoms. The molecule has 4 nitrogen and oxygen atoms in total. The third-order valence-electron chi connectivity index (χ3n) is 3.16. The molecule has 2 rings (SSSR count). The van der Waals surface area contributed by atoms with E-state index in [0.717, 1.165) is 31.0 Å². The molecule has 106 valence electrons. The second-order valence-electron chi connectivity index (χ2n) is 4.69. The van der Waals surface area contributed by atoms with Gasteiger partial charge in [-0.15, -0.1) is 0 Å². The Morgan fingerprint density at radius 1 is 1.45 bits per heavy atom. The van der Waals surface area contributed by atoms with Crippen molar-refractivity contribution in [3.05, 3.63) is 29.8 Å². The fourth-order valence-corrected chi connectivity index (χ4v) is 3.00. The van der Waals surface area contributed by atoms with E-state index in [4.69, 9.17) is 10.00 Å². The summed E-state index contributed by atoms with van der Waals surface area (Å²) in [6.45, 7) is 3.35. The second-order valence-corrected chi connectivity index (χ2v) is 5.92. The summed E-state index contributed by atoms with van der Waals surface area (Å²) in [6, 6.07) is 8.96. The fourth-order valence-electron chi connectivity index (χ4n) is 2.12. The van der Waals surface area contributed by atoms with E-state index in [9.17, 15) is 4.79 Å². The average molecular weight is 290 g/mol. The third kappa shape index (κ3) is 3.91. The molecule has 1 saturated heterocycles. The summed E-state index contributed by atoms with van der Waals surface area (Å²) in [5, 5.41) is 8.86. The number of amides is 1. The van der Waals surface area contributed by atoms with Crippen LogP contribution in [-0.2, 0) is 4.79 Å². The lowest BCUT2D eigenvalue weighted by atomic mass is 10.2. The van der Waals surface area contributed by atoms with Crippen LogP contribution in [0.4, 0.5) is 0 Å². The van der Waals surface area contributed by atoms with Crippen molar-refractivity contribution in [1.29, 1.82) is 5.26 Å². The number of thioether (sulfide) groups is 1. The Bertz CT molecular complexity index is 505. The van der Waals surface area contributed by atoms with Crippen LogP contribution >= 0.6 is 11.8 Å². The summed E-state index contributed by atoms with van der Waals surface area (Å²) in [5.74, 6) is 2.69. The fraction of sp³-hybridized carbons (Fsp3) is 0.467. The highest BCUT2D eigenvalue weighted by atomic mass is 32.2. The number of ether oxygens (including phenoxy) is 1. The molecule has 1 aromatic rings. The van der Waals surface area contributed by atoms with Crippen LogP contribution in [0.1, 0.15) is 18.9 Å². The molecule has 0 saturated carbocycles. The van der Waals surface area contributed by atoms with E-state index in [1.807, 2.05) is 16.7 Å². The Kier molecular flexibility index (Phi) is 5.31. The zero-order valence-electron chi connectivity index (χ0n) is 11.5. The Morgan fingerprint density at radius 2 is 2.30 bits per heavy atom. The predicted octanol–water partition coefficient (Wildman–Crippen LogP) is 2.29. The molecule has 1 aliphatic rings. The van der Waals surface area contributed by atoms with E-state index in [1.165, 1.54) is 0 Å². The van der Waals surface area contributed by atoms with Gasteiger partial charge < -0.3 is 9.64 Å². The minimum Gasteiger partial charge on any atom is -0.481 e. The highest BCUT2D eigenvalue weighted by molar-refractivity contribution is 7.99. The third-order valence-corrected chi connectivity index (χ3v) is 4.21. The quantitative estimate of drug-likeness (QED) is 0.857. The maximum absolute atomic E-state index is 12.3. The van der Waals surface area contributed by atoms with Crippen molar-refractivity contribution < 1.29 is 9.53 Å². The number of benzene rings is 1. The van der Waals surface area contributed by atoms with Gasteiger partial charge in [-0.3, -0.25) is 4.79 Å². The van der Waals surface area contributed by atoms with Crippen molar-refractivity contribution in [1.82, 2.24) is 4.90 Å². The van der Waals surface area contributed by atoms with Crippen molar-refractivity contribution in [2.75, 3.05) is 24.6 Å². The molecular weight excluding hydrogens is 272 g/mol. The summed E-state index contributed by atoms with van der Waals surface area (Å²) in [5.41, 5.74) is 0.535. The number of rotatable bonds is 3. The van der Waals surface area contributed by atoms with Gasteiger partial charge in [-0.2, -0.15) is 17.0 Å². The normalized spacial score (nSPS) is 16.9. The molecular formula is C15H18N2O2S. The van der Waals surface area contributed by atoms with Gasteiger partial charge in [0.2, 0.25) is 0 Å². The number of carbonyl (C=O) groups excluding carboxylic acids is 1. The zero-order chi connectivity index (χ0) is 14.4. The monoisotopic (exact) mass is 290 g/mol. The van der Waals surface area contributed by atoms with E-state index < -0.39 is 6.10 Å². The van der Waals surface area contributed by atoms with Gasteiger partial charge in [0.25, 0.3) is 5.91 Å². The van der Waals surface area contributed by atoms with Crippen molar-refractivity contribution >= 4 is 17.7 Å². The lowest BCUT2D eigenvalue weighted by molar-refractivity contribution is -0.137. The molecule has 0 aliphatic carbocycles. The number of hydrogen-bond acceptors (Lipinski definition) is 4. The second kappa shape index (κ2) is 7.20. The largest absolute Gasteiger partial charge is 0.481 e. The summed E-state index contributed by atoms with van der Waals surface area (Å²) >= 11 is 1.89. The highest BCUT2D eigenvalue weighted by Crippen LogP contribution is 2.16. The van der Waals surface area contributed by atoms with Gasteiger partial charge in [-0.1, -0.05) is 6.07 Å². The number of nitriles is 1. The molecule has 0 spiro atoms. The first-order valence-electron chi connectivity index (χ1n) is 6.74. The van der Waals surface area contributed by atoms with E-state index in [-0.39, 0.29) is 5.91 Å². The average Bonchev–Trinajstić information content (AvgIpc) is 2.75. The van der Waals surface area contributed by atoms with Crippen molar-refractivity contribution in [3.63, 3.8) is 0 Å². The van der Waals surface area contributed by atoms with E-state index in [1.54, 1.807) is 31.2 Å². The van der Waals surface area contributed by atoms with Crippen LogP contribution < -0.4 is 4.74 Å². The number of hydrogen-bond donors (Lipinski definition) is 0. The molecule has 1 aliphatic heterocycles. The molecule has 1 atom stereocenters. The van der Waals surface area contributed by atoms with Crippen LogP contribution in [-0.4, -0.2) is 41.5 Å². The van der Waals surface area contributed by atoms with Gasteiger partial charge in [0.05, 0.1) is 11.6 Å². The zero-order valence-corrected chi connectivity index (χ0v) is 12.4.